The van der Waals surface area contributed by atoms with Gasteiger partial charge in [-0.3, -0.25) is 0 Å². The second-order valence-corrected chi connectivity index (χ2v) is 3.50. The molecule has 0 unspecified atom stereocenters. The van der Waals surface area contributed by atoms with Crippen LogP contribution in [0.2, 0.25) is 0 Å². The van der Waals surface area contributed by atoms with Gasteiger partial charge in [-0.2, -0.15) is 0 Å². The van der Waals surface area contributed by atoms with Gasteiger partial charge in [0.1, 0.15) is 0 Å². The number of allylic oxidation sites excluding steroid dienone is 4. The summed E-state index contributed by atoms with van der Waals surface area (Å²) >= 11 is -0.209. The molecule has 0 aromatic rings. The van der Waals surface area contributed by atoms with E-state index in [1.165, 1.54) is 0 Å². The molecule has 0 radical (unpaired) electrons. The van der Waals surface area contributed by atoms with E-state index in [-0.39, 0.29) is 21.2 Å². The van der Waals surface area contributed by atoms with Crippen molar-refractivity contribution < 1.29 is 26.0 Å². The van der Waals surface area contributed by atoms with Gasteiger partial charge in [0.05, 0.1) is 0 Å². The number of rotatable bonds is 2. The predicted molar refractivity (Wildman–Crippen MR) is 28.2 cm³/mol. The van der Waals surface area contributed by atoms with Crippen LogP contribution >= 0.6 is 0 Å². The maximum atomic E-state index is 10.7. The average Bonchev–Trinajstić information content (AvgIpc) is 1.62. The molecule has 0 aromatic heterocycles. The quantitative estimate of drug-likeness (QED) is 0.292. The third-order valence-electron chi connectivity index (χ3n) is 0.950. The Morgan fingerprint density at radius 1 is 1.75 bits per heavy atom. The predicted octanol–water partition coefficient (Wildman–Crippen LogP) is -2.27. The summed E-state index contributed by atoms with van der Waals surface area (Å²) in [6, 6.07) is 0. The molecule has 0 aromatic carbocycles. The van der Waals surface area contributed by atoms with Crippen LogP contribution in [0.1, 0.15) is 0 Å². The SMILES string of the molecule is C[I-]C(=O)C1=CC=C1. The molecule has 2 heteroatoms. The van der Waals surface area contributed by atoms with Crippen molar-refractivity contribution in [2.75, 3.05) is 4.93 Å². The molecule has 1 rings (SSSR count). The number of carbonyl (C=O) groups excluding carboxylic acids is 1. The normalized spacial score (nSPS) is 15.4. The average molecular weight is 221 g/mol. The van der Waals surface area contributed by atoms with E-state index in [4.69, 9.17) is 0 Å². The zero-order chi connectivity index (χ0) is 5.98. The second-order valence-electron chi connectivity index (χ2n) is 1.44. The molecule has 0 N–H and O–H groups in total. The van der Waals surface area contributed by atoms with Crippen molar-refractivity contribution in [1.29, 1.82) is 0 Å². The third-order valence-corrected chi connectivity index (χ3v) is 2.55. The molecule has 0 spiro atoms. The van der Waals surface area contributed by atoms with Crippen LogP contribution in [0, 0.1) is 0 Å². The number of halogens is 1. The topological polar surface area (TPSA) is 17.1 Å². The maximum absolute atomic E-state index is 10.7. The summed E-state index contributed by atoms with van der Waals surface area (Å²) in [6.07, 6.45) is 5.63. The van der Waals surface area contributed by atoms with Gasteiger partial charge in [-0.1, -0.05) is 0 Å². The van der Waals surface area contributed by atoms with Crippen molar-refractivity contribution in [2.24, 2.45) is 0 Å². The number of hydrogen-bond donors (Lipinski definition) is 0. The van der Waals surface area contributed by atoms with E-state index in [9.17, 15) is 4.79 Å². The van der Waals surface area contributed by atoms with E-state index in [0.717, 1.165) is 5.57 Å². The van der Waals surface area contributed by atoms with Crippen LogP contribution in [-0.4, -0.2) is 8.72 Å². The fourth-order valence-corrected chi connectivity index (χ4v) is 1.41. The Balaban J connectivity index is 2.48. The van der Waals surface area contributed by atoms with E-state index in [1.807, 2.05) is 23.2 Å². The molecule has 1 nitrogen and oxygen atoms in total. The van der Waals surface area contributed by atoms with Crippen molar-refractivity contribution in [3.05, 3.63) is 23.8 Å². The third kappa shape index (κ3) is 0.992. The first kappa shape index (κ1) is 6.01. The second kappa shape index (κ2) is 2.44. The Hall–Kier alpha value is -0.120. The summed E-state index contributed by atoms with van der Waals surface area (Å²) in [7, 11) is 0. The molecule has 0 amide bonds. The van der Waals surface area contributed by atoms with Crippen molar-refractivity contribution in [2.45, 2.75) is 0 Å². The summed E-state index contributed by atoms with van der Waals surface area (Å²) in [5.41, 5.74) is 0.917. The number of carbonyl (C=O) groups is 1. The van der Waals surface area contributed by atoms with E-state index in [0.29, 0.717) is 3.79 Å². The van der Waals surface area contributed by atoms with Crippen LogP contribution in [0.4, 0.5) is 0 Å². The van der Waals surface area contributed by atoms with Gasteiger partial charge < -0.3 is 0 Å². The summed E-state index contributed by atoms with van der Waals surface area (Å²) in [5.74, 6) is 0. The van der Waals surface area contributed by atoms with Gasteiger partial charge >= 0.3 is 58.5 Å². The molecule has 0 saturated carbocycles. The van der Waals surface area contributed by atoms with Crippen LogP contribution < -0.4 is 21.2 Å². The van der Waals surface area contributed by atoms with Gasteiger partial charge in [0.25, 0.3) is 0 Å². The van der Waals surface area contributed by atoms with E-state index in [1.54, 1.807) is 0 Å². The molecule has 8 heavy (non-hydrogen) atoms. The standard InChI is InChI=1S/C6H6IO/c1-7-6(8)5-3-2-4-5/h2-4H,1H3/q-1. The summed E-state index contributed by atoms with van der Waals surface area (Å²) < 4.78 is 0.353. The fourth-order valence-electron chi connectivity index (χ4n) is 0.433. The van der Waals surface area contributed by atoms with Gasteiger partial charge in [-0.05, 0) is 0 Å². The monoisotopic (exact) mass is 221 g/mol. The first-order valence-electron chi connectivity index (χ1n) is 2.27. The van der Waals surface area contributed by atoms with Crippen molar-refractivity contribution >= 4 is 3.79 Å². The van der Waals surface area contributed by atoms with Crippen LogP contribution in [0.25, 0.3) is 0 Å². The minimum absolute atomic E-state index is 0.209. The van der Waals surface area contributed by atoms with Gasteiger partial charge in [0.15, 0.2) is 0 Å². The Bertz CT molecular complexity index is 167. The van der Waals surface area contributed by atoms with Crippen LogP contribution in [0.15, 0.2) is 23.8 Å². The van der Waals surface area contributed by atoms with Gasteiger partial charge in [-0.15, -0.1) is 0 Å². The van der Waals surface area contributed by atoms with Gasteiger partial charge in [0, 0.05) is 0 Å². The van der Waals surface area contributed by atoms with E-state index >= 15 is 0 Å². The molecular formula is C6H6IO-. The fraction of sp³-hybridized carbons (Fsp3) is 0.167. The van der Waals surface area contributed by atoms with Crippen molar-refractivity contribution in [1.82, 2.24) is 0 Å². The molecule has 0 fully saturated rings. The molecular weight excluding hydrogens is 215 g/mol. The molecule has 0 heterocycles. The van der Waals surface area contributed by atoms with Crippen LogP contribution in [0.3, 0.4) is 0 Å². The van der Waals surface area contributed by atoms with Gasteiger partial charge in [0.2, 0.25) is 0 Å². The Labute approximate surface area is 58.7 Å². The van der Waals surface area contributed by atoms with E-state index in [2.05, 4.69) is 0 Å². The zero-order valence-corrected chi connectivity index (χ0v) is 6.68. The first-order chi connectivity index (χ1) is 3.84. The molecule has 0 bridgehead atoms. The molecule has 1 aliphatic rings. The summed E-state index contributed by atoms with van der Waals surface area (Å²) in [5, 5.41) is 0. The molecule has 1 aliphatic carbocycles. The van der Waals surface area contributed by atoms with Gasteiger partial charge in [-0.25, -0.2) is 0 Å². The Kier molecular flexibility index (Phi) is 1.83. The Morgan fingerprint density at radius 3 is 2.50 bits per heavy atom. The molecule has 0 atom stereocenters. The molecule has 0 aliphatic heterocycles. The zero-order valence-electron chi connectivity index (χ0n) is 4.52. The first-order valence-corrected chi connectivity index (χ1v) is 5.50. The van der Waals surface area contributed by atoms with Crippen LogP contribution in [-0.2, 0) is 4.79 Å². The van der Waals surface area contributed by atoms with Crippen LogP contribution in [0.5, 0.6) is 0 Å². The van der Waals surface area contributed by atoms with Crippen molar-refractivity contribution in [3.63, 3.8) is 0 Å². The van der Waals surface area contributed by atoms with Crippen molar-refractivity contribution in [3.8, 4) is 0 Å². The number of alkyl halides is 1. The minimum atomic E-state index is -0.209. The number of hydrogen-bond acceptors (Lipinski definition) is 1. The molecule has 0 saturated heterocycles. The molecule has 44 valence electrons. The van der Waals surface area contributed by atoms with E-state index < -0.39 is 0 Å². The Morgan fingerprint density at radius 2 is 2.38 bits per heavy atom. The summed E-state index contributed by atoms with van der Waals surface area (Å²) in [6.45, 7) is 0. The summed E-state index contributed by atoms with van der Waals surface area (Å²) in [4.78, 5) is 12.7.